The van der Waals surface area contributed by atoms with Gasteiger partial charge < -0.3 is 15.3 Å². The first-order valence-electron chi connectivity index (χ1n) is 6.82. The first-order valence-corrected chi connectivity index (χ1v) is 7.20. The van der Waals surface area contributed by atoms with E-state index in [4.69, 9.17) is 16.7 Å². The fraction of sp³-hybridized carbons (Fsp3) is 0.400. The van der Waals surface area contributed by atoms with Crippen LogP contribution >= 0.6 is 11.6 Å². The average Bonchev–Trinajstić information content (AvgIpc) is 2.81. The fourth-order valence-electron chi connectivity index (χ4n) is 2.25. The van der Waals surface area contributed by atoms with Crippen molar-refractivity contribution in [3.63, 3.8) is 0 Å². The summed E-state index contributed by atoms with van der Waals surface area (Å²) in [4.78, 5) is 36.8. The highest BCUT2D eigenvalue weighted by atomic mass is 35.5. The Kier molecular flexibility index (Phi) is 4.42. The van der Waals surface area contributed by atoms with Crippen LogP contribution in [0.15, 0.2) is 24.3 Å². The number of amides is 2. The van der Waals surface area contributed by atoms with Gasteiger partial charge in [0.15, 0.2) is 0 Å². The topological polar surface area (TPSA) is 86.7 Å². The summed E-state index contributed by atoms with van der Waals surface area (Å²) < 4.78 is 0. The maximum absolute atomic E-state index is 12.2. The fourth-order valence-corrected chi connectivity index (χ4v) is 2.49. The number of para-hydroxylation sites is 1. The van der Waals surface area contributed by atoms with E-state index in [-0.39, 0.29) is 18.9 Å². The number of carbonyl (C=O) groups excluding carboxylic acids is 2. The summed E-state index contributed by atoms with van der Waals surface area (Å²) in [5.41, 5.74) is -0.820. The lowest BCUT2D eigenvalue weighted by molar-refractivity contribution is -0.146. The Morgan fingerprint density at radius 2 is 2.00 bits per heavy atom. The van der Waals surface area contributed by atoms with Gasteiger partial charge in [0.25, 0.3) is 0 Å². The number of anilines is 1. The van der Waals surface area contributed by atoms with Crippen molar-refractivity contribution in [3.8, 4) is 0 Å². The molecule has 22 heavy (non-hydrogen) atoms. The van der Waals surface area contributed by atoms with Crippen LogP contribution in [0.3, 0.4) is 0 Å². The van der Waals surface area contributed by atoms with Gasteiger partial charge in [-0.05, 0) is 26.0 Å². The third-order valence-electron chi connectivity index (χ3n) is 3.61. The highest BCUT2D eigenvalue weighted by Gasteiger charge is 2.39. The van der Waals surface area contributed by atoms with Crippen molar-refractivity contribution in [3.05, 3.63) is 29.3 Å². The van der Waals surface area contributed by atoms with Crippen molar-refractivity contribution in [2.75, 3.05) is 11.4 Å². The van der Waals surface area contributed by atoms with E-state index in [2.05, 4.69) is 5.32 Å². The van der Waals surface area contributed by atoms with Crippen LogP contribution in [0.1, 0.15) is 20.3 Å². The van der Waals surface area contributed by atoms with Gasteiger partial charge in [-0.25, -0.2) is 4.79 Å². The zero-order valence-electron chi connectivity index (χ0n) is 12.3. The highest BCUT2D eigenvalue weighted by Crippen LogP contribution is 2.31. The molecular formula is C15H17ClN2O4. The summed E-state index contributed by atoms with van der Waals surface area (Å²) in [6.07, 6.45) is 0.0345. The number of halogens is 1. The van der Waals surface area contributed by atoms with E-state index >= 15 is 0 Å². The second-order valence-electron chi connectivity index (χ2n) is 5.78. The van der Waals surface area contributed by atoms with Gasteiger partial charge in [0.05, 0.1) is 16.6 Å². The highest BCUT2D eigenvalue weighted by molar-refractivity contribution is 6.33. The lowest BCUT2D eigenvalue weighted by Crippen LogP contribution is -2.51. The molecule has 2 amide bonds. The van der Waals surface area contributed by atoms with E-state index in [1.54, 1.807) is 24.3 Å². The first kappa shape index (κ1) is 16.3. The minimum absolute atomic E-state index is 0.0345. The molecule has 0 aromatic heterocycles. The van der Waals surface area contributed by atoms with Gasteiger partial charge in [0.2, 0.25) is 11.8 Å². The normalized spacial score (nSPS) is 18.4. The lowest BCUT2D eigenvalue weighted by atomic mass is 10.0. The quantitative estimate of drug-likeness (QED) is 0.882. The molecule has 2 N–H and O–H groups in total. The van der Waals surface area contributed by atoms with Crippen LogP contribution in [0.2, 0.25) is 5.02 Å². The lowest BCUT2D eigenvalue weighted by Gasteiger charge is -2.23. The second kappa shape index (κ2) is 5.96. The Balaban J connectivity index is 2.11. The Morgan fingerprint density at radius 3 is 2.59 bits per heavy atom. The summed E-state index contributed by atoms with van der Waals surface area (Å²) in [6, 6.07) is 6.90. The molecule has 1 fully saturated rings. The predicted octanol–water partition coefficient (Wildman–Crippen LogP) is 1.67. The van der Waals surface area contributed by atoms with Crippen LogP contribution in [-0.4, -0.2) is 35.0 Å². The van der Waals surface area contributed by atoms with Gasteiger partial charge in [0.1, 0.15) is 5.54 Å². The SMILES string of the molecule is CC(C)(NC(=O)[C@H]1CC(=O)N(c2ccccc2Cl)C1)C(=O)O. The average molecular weight is 325 g/mol. The largest absolute Gasteiger partial charge is 0.480 e. The molecular weight excluding hydrogens is 308 g/mol. The number of hydrogen-bond donors (Lipinski definition) is 2. The zero-order valence-corrected chi connectivity index (χ0v) is 13.1. The molecule has 0 unspecified atom stereocenters. The monoisotopic (exact) mass is 324 g/mol. The van der Waals surface area contributed by atoms with Crippen LogP contribution in [0, 0.1) is 5.92 Å². The molecule has 0 saturated carbocycles. The van der Waals surface area contributed by atoms with Crippen LogP contribution in [-0.2, 0) is 14.4 Å². The molecule has 1 saturated heterocycles. The van der Waals surface area contributed by atoms with E-state index in [9.17, 15) is 14.4 Å². The van der Waals surface area contributed by atoms with Crippen molar-refractivity contribution in [2.45, 2.75) is 25.8 Å². The summed E-state index contributed by atoms with van der Waals surface area (Å²) in [6.45, 7) is 2.98. The van der Waals surface area contributed by atoms with Crippen molar-refractivity contribution >= 4 is 35.1 Å². The Labute approximate surface area is 133 Å². The number of aliphatic carboxylic acids is 1. The predicted molar refractivity (Wildman–Crippen MR) is 81.8 cm³/mol. The Morgan fingerprint density at radius 1 is 1.36 bits per heavy atom. The van der Waals surface area contributed by atoms with Crippen molar-refractivity contribution < 1.29 is 19.5 Å². The minimum atomic E-state index is -1.38. The van der Waals surface area contributed by atoms with Crippen LogP contribution in [0.4, 0.5) is 5.69 Å². The molecule has 1 aliphatic heterocycles. The molecule has 118 valence electrons. The molecule has 1 atom stereocenters. The molecule has 1 aromatic rings. The van der Waals surface area contributed by atoms with Crippen molar-refractivity contribution in [1.82, 2.24) is 5.32 Å². The van der Waals surface area contributed by atoms with Gasteiger partial charge in [0, 0.05) is 13.0 Å². The van der Waals surface area contributed by atoms with Gasteiger partial charge in [-0.1, -0.05) is 23.7 Å². The van der Waals surface area contributed by atoms with Crippen LogP contribution in [0.5, 0.6) is 0 Å². The minimum Gasteiger partial charge on any atom is -0.480 e. The van der Waals surface area contributed by atoms with Gasteiger partial charge in [-0.15, -0.1) is 0 Å². The molecule has 1 aromatic carbocycles. The van der Waals surface area contributed by atoms with E-state index in [1.807, 2.05) is 0 Å². The molecule has 0 spiro atoms. The van der Waals surface area contributed by atoms with Gasteiger partial charge in [-0.2, -0.15) is 0 Å². The summed E-state index contributed by atoms with van der Waals surface area (Å²) >= 11 is 6.07. The maximum atomic E-state index is 12.2. The maximum Gasteiger partial charge on any atom is 0.328 e. The van der Waals surface area contributed by atoms with E-state index < -0.39 is 23.3 Å². The van der Waals surface area contributed by atoms with Gasteiger partial charge in [-0.3, -0.25) is 9.59 Å². The first-order chi connectivity index (χ1) is 10.2. The summed E-state index contributed by atoms with van der Waals surface area (Å²) in [7, 11) is 0. The van der Waals surface area contributed by atoms with E-state index in [0.717, 1.165) is 0 Å². The Hall–Kier alpha value is -2.08. The Bertz CT molecular complexity index is 630. The van der Waals surface area contributed by atoms with Crippen LogP contribution in [0.25, 0.3) is 0 Å². The smallest absolute Gasteiger partial charge is 0.328 e. The van der Waals surface area contributed by atoms with Crippen LogP contribution < -0.4 is 10.2 Å². The molecule has 7 heteroatoms. The third kappa shape index (κ3) is 3.22. The second-order valence-corrected chi connectivity index (χ2v) is 6.18. The standard InChI is InChI=1S/C15H17ClN2O4/c1-15(2,14(21)22)17-13(20)9-7-12(19)18(8-9)11-6-4-3-5-10(11)16/h3-6,9H,7-8H2,1-2H3,(H,17,20)(H,21,22)/t9-/m0/s1. The van der Waals surface area contributed by atoms with E-state index in [1.165, 1.54) is 18.7 Å². The van der Waals surface area contributed by atoms with E-state index in [0.29, 0.717) is 10.7 Å². The number of nitrogens with zero attached hydrogens (tertiary/aromatic N) is 1. The zero-order chi connectivity index (χ0) is 16.5. The molecule has 6 nitrogen and oxygen atoms in total. The number of carboxylic acids is 1. The molecule has 0 aliphatic carbocycles. The number of carbonyl (C=O) groups is 3. The summed E-state index contributed by atoms with van der Waals surface area (Å²) in [5, 5.41) is 11.9. The molecule has 1 aliphatic rings. The number of nitrogens with one attached hydrogen (secondary N) is 1. The van der Waals surface area contributed by atoms with Crippen molar-refractivity contribution in [1.29, 1.82) is 0 Å². The molecule has 1 heterocycles. The third-order valence-corrected chi connectivity index (χ3v) is 3.93. The molecule has 0 bridgehead atoms. The number of rotatable bonds is 4. The summed E-state index contributed by atoms with van der Waals surface area (Å²) in [5.74, 6) is -2.38. The van der Waals surface area contributed by atoms with Crippen molar-refractivity contribution in [2.24, 2.45) is 5.92 Å². The molecule has 0 radical (unpaired) electrons. The number of hydrogen-bond acceptors (Lipinski definition) is 3. The molecule has 2 rings (SSSR count). The number of carboxylic acid groups (broad SMARTS) is 1. The van der Waals surface area contributed by atoms with Gasteiger partial charge >= 0.3 is 5.97 Å². The number of benzene rings is 1.